The van der Waals surface area contributed by atoms with Crippen LogP contribution >= 0.6 is 0 Å². The molecule has 0 radical (unpaired) electrons. The lowest BCUT2D eigenvalue weighted by atomic mass is 10.0. The summed E-state index contributed by atoms with van der Waals surface area (Å²) < 4.78 is 5.68. The molecule has 1 heterocycles. The number of benzene rings is 3. The topological polar surface area (TPSA) is 38.1 Å². The molecule has 146 valence electrons. The molecule has 0 aliphatic rings. The molecule has 1 N–H and O–H groups in total. The lowest BCUT2D eigenvalue weighted by Gasteiger charge is -2.15. The SMILES string of the molecule is Cc1noc(-c2ccc(-c3ccccc3)cc2)c1NC(C)CCc1ccccc1. The van der Waals surface area contributed by atoms with E-state index < -0.39 is 0 Å². The quantitative estimate of drug-likeness (QED) is 0.384. The molecule has 4 aromatic rings. The van der Waals surface area contributed by atoms with Gasteiger partial charge < -0.3 is 9.84 Å². The van der Waals surface area contributed by atoms with E-state index in [1.807, 2.05) is 13.0 Å². The first-order valence-corrected chi connectivity index (χ1v) is 10.1. The zero-order chi connectivity index (χ0) is 20.1. The van der Waals surface area contributed by atoms with Gasteiger partial charge in [-0.3, -0.25) is 0 Å². The summed E-state index contributed by atoms with van der Waals surface area (Å²) in [7, 11) is 0. The highest BCUT2D eigenvalue weighted by Gasteiger charge is 2.17. The average molecular weight is 383 g/mol. The largest absolute Gasteiger partial charge is 0.378 e. The molecule has 4 rings (SSSR count). The first-order chi connectivity index (χ1) is 14.2. The minimum absolute atomic E-state index is 0.315. The van der Waals surface area contributed by atoms with Crippen molar-refractivity contribution in [2.45, 2.75) is 32.7 Å². The molecule has 0 aliphatic carbocycles. The fourth-order valence-electron chi connectivity index (χ4n) is 3.53. The van der Waals surface area contributed by atoms with Crippen LogP contribution in [-0.4, -0.2) is 11.2 Å². The minimum Gasteiger partial charge on any atom is -0.378 e. The van der Waals surface area contributed by atoms with E-state index in [-0.39, 0.29) is 0 Å². The molecule has 3 heteroatoms. The van der Waals surface area contributed by atoms with Crippen LogP contribution in [-0.2, 0) is 6.42 Å². The molecule has 0 amide bonds. The third-order valence-corrected chi connectivity index (χ3v) is 5.22. The first-order valence-electron chi connectivity index (χ1n) is 10.1. The Morgan fingerprint density at radius 1 is 0.793 bits per heavy atom. The van der Waals surface area contributed by atoms with E-state index in [2.05, 4.69) is 96.3 Å². The van der Waals surface area contributed by atoms with E-state index in [1.165, 1.54) is 16.7 Å². The maximum absolute atomic E-state index is 5.68. The van der Waals surface area contributed by atoms with Crippen molar-refractivity contribution in [3.63, 3.8) is 0 Å². The zero-order valence-corrected chi connectivity index (χ0v) is 16.9. The lowest BCUT2D eigenvalue weighted by Crippen LogP contribution is -2.16. The van der Waals surface area contributed by atoms with Gasteiger partial charge in [0.05, 0.1) is 0 Å². The maximum Gasteiger partial charge on any atom is 0.190 e. The Hall–Kier alpha value is -3.33. The highest BCUT2D eigenvalue weighted by Crippen LogP contribution is 2.33. The number of nitrogens with one attached hydrogen (secondary N) is 1. The van der Waals surface area contributed by atoms with Crippen LogP contribution in [0.15, 0.2) is 89.5 Å². The van der Waals surface area contributed by atoms with Crippen molar-refractivity contribution in [3.05, 3.63) is 96.2 Å². The predicted molar refractivity (Wildman–Crippen MR) is 120 cm³/mol. The summed E-state index contributed by atoms with van der Waals surface area (Å²) in [6, 6.07) is 29.8. The smallest absolute Gasteiger partial charge is 0.190 e. The summed E-state index contributed by atoms with van der Waals surface area (Å²) >= 11 is 0. The maximum atomic E-state index is 5.68. The van der Waals surface area contributed by atoms with Crippen molar-refractivity contribution in [1.82, 2.24) is 5.16 Å². The molecule has 0 spiro atoms. The Morgan fingerprint density at radius 2 is 1.38 bits per heavy atom. The summed E-state index contributed by atoms with van der Waals surface area (Å²) in [5.74, 6) is 0.800. The van der Waals surface area contributed by atoms with Crippen LogP contribution in [0.4, 0.5) is 5.69 Å². The summed E-state index contributed by atoms with van der Waals surface area (Å²) in [5.41, 5.74) is 6.66. The molecular formula is C26H26N2O. The van der Waals surface area contributed by atoms with Crippen molar-refractivity contribution < 1.29 is 4.52 Å². The third-order valence-electron chi connectivity index (χ3n) is 5.22. The molecule has 3 aromatic carbocycles. The zero-order valence-electron chi connectivity index (χ0n) is 16.9. The Morgan fingerprint density at radius 3 is 2.07 bits per heavy atom. The van der Waals surface area contributed by atoms with Gasteiger partial charge >= 0.3 is 0 Å². The Balaban J connectivity index is 1.48. The monoisotopic (exact) mass is 382 g/mol. The minimum atomic E-state index is 0.315. The van der Waals surface area contributed by atoms with Crippen molar-refractivity contribution in [3.8, 4) is 22.5 Å². The van der Waals surface area contributed by atoms with E-state index in [9.17, 15) is 0 Å². The molecule has 0 bridgehead atoms. The summed E-state index contributed by atoms with van der Waals surface area (Å²) in [4.78, 5) is 0. The normalized spacial score (nSPS) is 11.9. The number of nitrogens with zero attached hydrogens (tertiary/aromatic N) is 1. The highest BCUT2D eigenvalue weighted by atomic mass is 16.5. The summed E-state index contributed by atoms with van der Waals surface area (Å²) in [6.07, 6.45) is 2.08. The van der Waals surface area contributed by atoms with Gasteiger partial charge in [-0.15, -0.1) is 0 Å². The van der Waals surface area contributed by atoms with Crippen LogP contribution in [0.2, 0.25) is 0 Å². The summed E-state index contributed by atoms with van der Waals surface area (Å²) in [6.45, 7) is 4.19. The number of aryl methyl sites for hydroxylation is 2. The number of aromatic nitrogens is 1. The molecule has 1 unspecified atom stereocenters. The molecule has 1 atom stereocenters. The van der Waals surface area contributed by atoms with E-state index in [4.69, 9.17) is 4.52 Å². The van der Waals surface area contributed by atoms with Crippen LogP contribution in [0.3, 0.4) is 0 Å². The second kappa shape index (κ2) is 8.78. The van der Waals surface area contributed by atoms with Gasteiger partial charge in [0.25, 0.3) is 0 Å². The number of hydrogen-bond donors (Lipinski definition) is 1. The number of anilines is 1. The fourth-order valence-corrected chi connectivity index (χ4v) is 3.53. The first kappa shape index (κ1) is 19.0. The van der Waals surface area contributed by atoms with E-state index in [0.717, 1.165) is 35.5 Å². The van der Waals surface area contributed by atoms with Gasteiger partial charge in [0.1, 0.15) is 11.4 Å². The standard InChI is InChI=1S/C26H26N2O/c1-19(13-14-21-9-5-3-6-10-21)27-25-20(2)28-29-26(25)24-17-15-23(16-18-24)22-11-7-4-8-12-22/h3-12,15-19,27H,13-14H2,1-2H3. The van der Waals surface area contributed by atoms with E-state index in [1.54, 1.807) is 0 Å². The van der Waals surface area contributed by atoms with Crippen LogP contribution < -0.4 is 5.32 Å². The molecule has 0 aliphatic heterocycles. The second-order valence-electron chi connectivity index (χ2n) is 7.49. The average Bonchev–Trinajstić information content (AvgIpc) is 3.14. The molecule has 0 saturated heterocycles. The van der Waals surface area contributed by atoms with E-state index in [0.29, 0.717) is 6.04 Å². The fraction of sp³-hybridized carbons (Fsp3) is 0.192. The van der Waals surface area contributed by atoms with Gasteiger partial charge in [-0.1, -0.05) is 90.1 Å². The molecule has 1 aromatic heterocycles. The van der Waals surface area contributed by atoms with Crippen molar-refractivity contribution in [2.75, 3.05) is 5.32 Å². The number of rotatable bonds is 7. The van der Waals surface area contributed by atoms with Gasteiger partial charge in [-0.05, 0) is 43.4 Å². The van der Waals surface area contributed by atoms with Gasteiger partial charge in [-0.2, -0.15) is 0 Å². The van der Waals surface area contributed by atoms with Gasteiger partial charge in [0.15, 0.2) is 5.76 Å². The third kappa shape index (κ3) is 4.57. The van der Waals surface area contributed by atoms with Crippen LogP contribution in [0.5, 0.6) is 0 Å². The molecular weight excluding hydrogens is 356 g/mol. The molecule has 29 heavy (non-hydrogen) atoms. The van der Waals surface area contributed by atoms with Crippen LogP contribution in [0, 0.1) is 6.92 Å². The lowest BCUT2D eigenvalue weighted by molar-refractivity contribution is 0.427. The van der Waals surface area contributed by atoms with Crippen molar-refractivity contribution in [1.29, 1.82) is 0 Å². The number of hydrogen-bond acceptors (Lipinski definition) is 3. The highest BCUT2D eigenvalue weighted by molar-refractivity contribution is 5.76. The Labute approximate surface area is 172 Å². The molecule has 0 saturated carbocycles. The van der Waals surface area contributed by atoms with Gasteiger partial charge in [0.2, 0.25) is 0 Å². The molecule has 0 fully saturated rings. The van der Waals surface area contributed by atoms with Crippen molar-refractivity contribution in [2.24, 2.45) is 0 Å². The Bertz CT molecular complexity index is 1040. The van der Waals surface area contributed by atoms with E-state index >= 15 is 0 Å². The Kier molecular flexibility index (Phi) is 5.76. The summed E-state index contributed by atoms with van der Waals surface area (Å²) in [5, 5.41) is 7.82. The van der Waals surface area contributed by atoms with Crippen molar-refractivity contribution >= 4 is 5.69 Å². The second-order valence-corrected chi connectivity index (χ2v) is 7.49. The van der Waals surface area contributed by atoms with Gasteiger partial charge in [0, 0.05) is 11.6 Å². The molecule has 3 nitrogen and oxygen atoms in total. The van der Waals surface area contributed by atoms with Crippen LogP contribution in [0.25, 0.3) is 22.5 Å². The van der Waals surface area contributed by atoms with Gasteiger partial charge in [-0.25, -0.2) is 0 Å². The van der Waals surface area contributed by atoms with Crippen LogP contribution in [0.1, 0.15) is 24.6 Å². The predicted octanol–water partition coefficient (Wildman–Crippen LogP) is 6.75.